The average Bonchev–Trinajstić information content (AvgIpc) is 2.93. The smallest absolute Gasteiger partial charge is 0.325 e. The van der Waals surface area contributed by atoms with Crippen molar-refractivity contribution in [1.82, 2.24) is 15.5 Å². The minimum Gasteiger partial charge on any atom is -0.486 e. The van der Waals surface area contributed by atoms with Crippen LogP contribution in [0.2, 0.25) is 0 Å². The molecule has 3 atom stereocenters. The van der Waals surface area contributed by atoms with Gasteiger partial charge in [0.15, 0.2) is 11.5 Å². The minimum absolute atomic E-state index is 0.0682. The number of imide groups is 1. The first-order chi connectivity index (χ1) is 13.5. The second-order valence-electron chi connectivity index (χ2n) is 7.74. The number of carbonyl (C=O) groups is 3. The summed E-state index contributed by atoms with van der Waals surface area (Å²) < 4.78 is 11.4. The third kappa shape index (κ3) is 3.27. The number of amides is 4. The summed E-state index contributed by atoms with van der Waals surface area (Å²) in [6, 6.07) is 6.86. The van der Waals surface area contributed by atoms with Crippen molar-refractivity contribution in [2.75, 3.05) is 19.7 Å². The summed E-state index contributed by atoms with van der Waals surface area (Å²) in [5.41, 5.74) is -0.848. The molecule has 4 rings (SSSR count). The monoisotopic (exact) mass is 387 g/mol. The molecule has 1 aromatic rings. The Hall–Kier alpha value is -2.77. The lowest BCUT2D eigenvalue weighted by Gasteiger charge is -2.36. The highest BCUT2D eigenvalue weighted by molar-refractivity contribution is 6.09. The highest BCUT2D eigenvalue weighted by Crippen LogP contribution is 2.38. The Labute approximate surface area is 163 Å². The molecule has 2 N–H and O–H groups in total. The lowest BCUT2D eigenvalue weighted by molar-refractivity contribution is -0.137. The summed E-state index contributed by atoms with van der Waals surface area (Å²) in [4.78, 5) is 38.6. The molecule has 8 nitrogen and oxygen atoms in total. The number of rotatable bonds is 4. The number of benzene rings is 1. The van der Waals surface area contributed by atoms with Crippen LogP contribution in [-0.4, -0.2) is 54.1 Å². The molecular formula is C20H25N3O5. The topological polar surface area (TPSA) is 97.0 Å². The molecule has 0 aromatic heterocycles. The van der Waals surface area contributed by atoms with Crippen molar-refractivity contribution in [3.05, 3.63) is 24.3 Å². The highest BCUT2D eigenvalue weighted by atomic mass is 16.6. The maximum atomic E-state index is 12.9. The van der Waals surface area contributed by atoms with Gasteiger partial charge in [-0.1, -0.05) is 31.9 Å². The van der Waals surface area contributed by atoms with Gasteiger partial charge in [-0.25, -0.2) is 4.79 Å². The summed E-state index contributed by atoms with van der Waals surface area (Å²) in [6.45, 7) is 2.25. The van der Waals surface area contributed by atoms with Crippen LogP contribution < -0.4 is 20.1 Å². The van der Waals surface area contributed by atoms with Crippen molar-refractivity contribution in [1.29, 1.82) is 0 Å². The molecule has 2 aliphatic heterocycles. The number of nitrogens with one attached hydrogen (secondary N) is 2. The molecule has 1 saturated heterocycles. The number of para-hydroxylation sites is 2. The van der Waals surface area contributed by atoms with E-state index in [2.05, 4.69) is 10.6 Å². The van der Waals surface area contributed by atoms with E-state index in [9.17, 15) is 14.4 Å². The number of hydrogen-bond donors (Lipinski definition) is 2. The number of carbonyl (C=O) groups excluding carboxylic acids is 3. The molecule has 8 heteroatoms. The fraction of sp³-hybridized carbons (Fsp3) is 0.550. The lowest BCUT2D eigenvalue weighted by Crippen LogP contribution is -2.54. The molecule has 1 aliphatic carbocycles. The summed E-state index contributed by atoms with van der Waals surface area (Å²) in [5, 5.41) is 5.59. The lowest BCUT2D eigenvalue weighted by atomic mass is 9.73. The Morgan fingerprint density at radius 3 is 2.86 bits per heavy atom. The van der Waals surface area contributed by atoms with Gasteiger partial charge in [-0.05, 0) is 30.9 Å². The summed E-state index contributed by atoms with van der Waals surface area (Å²) in [6.07, 6.45) is 3.15. The van der Waals surface area contributed by atoms with E-state index >= 15 is 0 Å². The van der Waals surface area contributed by atoms with E-state index in [1.165, 1.54) is 0 Å². The van der Waals surface area contributed by atoms with Gasteiger partial charge < -0.3 is 20.1 Å². The molecule has 1 saturated carbocycles. The van der Waals surface area contributed by atoms with E-state index in [0.717, 1.165) is 24.2 Å². The molecule has 3 aliphatic rings. The van der Waals surface area contributed by atoms with Gasteiger partial charge in [-0.2, -0.15) is 0 Å². The van der Waals surface area contributed by atoms with Crippen LogP contribution in [-0.2, 0) is 9.59 Å². The van der Waals surface area contributed by atoms with Crippen molar-refractivity contribution in [3.63, 3.8) is 0 Å². The van der Waals surface area contributed by atoms with Gasteiger partial charge in [0.05, 0.1) is 6.54 Å². The van der Waals surface area contributed by atoms with Crippen LogP contribution in [0.3, 0.4) is 0 Å². The van der Waals surface area contributed by atoms with Crippen molar-refractivity contribution in [2.45, 2.75) is 44.2 Å². The van der Waals surface area contributed by atoms with Gasteiger partial charge in [-0.3, -0.25) is 14.5 Å². The second-order valence-corrected chi connectivity index (χ2v) is 7.74. The highest BCUT2D eigenvalue weighted by Gasteiger charge is 2.55. The SMILES string of the molecule is C[C@@H]1CCCC[C@]12NC(=O)N(CC(=O)NC[C@H]1COc3ccccc3O1)C2=O. The van der Waals surface area contributed by atoms with E-state index in [-0.39, 0.29) is 31.0 Å². The molecule has 0 unspecified atom stereocenters. The zero-order valence-electron chi connectivity index (χ0n) is 15.9. The molecule has 4 amide bonds. The van der Waals surface area contributed by atoms with Crippen molar-refractivity contribution >= 4 is 17.8 Å². The minimum atomic E-state index is -0.848. The van der Waals surface area contributed by atoms with Crippen molar-refractivity contribution < 1.29 is 23.9 Å². The molecule has 2 fully saturated rings. The van der Waals surface area contributed by atoms with Crippen LogP contribution >= 0.6 is 0 Å². The number of nitrogens with zero attached hydrogens (tertiary/aromatic N) is 1. The van der Waals surface area contributed by atoms with Gasteiger partial charge >= 0.3 is 6.03 Å². The van der Waals surface area contributed by atoms with Crippen LogP contribution in [0.4, 0.5) is 4.79 Å². The zero-order chi connectivity index (χ0) is 19.7. The van der Waals surface area contributed by atoms with Gasteiger partial charge in [0.25, 0.3) is 5.91 Å². The number of urea groups is 1. The fourth-order valence-electron chi connectivity index (χ4n) is 4.23. The Morgan fingerprint density at radius 1 is 1.29 bits per heavy atom. The first-order valence-electron chi connectivity index (χ1n) is 9.79. The number of hydrogen-bond acceptors (Lipinski definition) is 5. The van der Waals surface area contributed by atoms with Gasteiger partial charge in [-0.15, -0.1) is 0 Å². The molecule has 0 bridgehead atoms. The fourth-order valence-corrected chi connectivity index (χ4v) is 4.23. The first kappa shape index (κ1) is 18.6. The van der Waals surface area contributed by atoms with E-state index in [0.29, 0.717) is 24.5 Å². The van der Waals surface area contributed by atoms with Crippen molar-refractivity contribution in [3.8, 4) is 11.5 Å². The third-order valence-corrected chi connectivity index (χ3v) is 5.90. The van der Waals surface area contributed by atoms with Crippen LogP contribution in [0, 0.1) is 5.92 Å². The maximum absolute atomic E-state index is 12.9. The normalized spacial score (nSPS) is 29.0. The molecule has 2 heterocycles. The molecular weight excluding hydrogens is 362 g/mol. The van der Waals surface area contributed by atoms with Gasteiger partial charge in [0, 0.05) is 0 Å². The predicted molar refractivity (Wildman–Crippen MR) is 100.0 cm³/mol. The van der Waals surface area contributed by atoms with E-state index in [1.807, 2.05) is 25.1 Å². The first-order valence-corrected chi connectivity index (χ1v) is 9.79. The molecule has 28 heavy (non-hydrogen) atoms. The molecule has 150 valence electrons. The number of ether oxygens (including phenoxy) is 2. The summed E-state index contributed by atoms with van der Waals surface area (Å²) in [7, 11) is 0. The number of fused-ring (bicyclic) bond motifs is 1. The Morgan fingerprint density at radius 2 is 2.07 bits per heavy atom. The van der Waals surface area contributed by atoms with E-state index in [1.54, 1.807) is 6.07 Å². The van der Waals surface area contributed by atoms with E-state index < -0.39 is 17.5 Å². The Kier molecular flexibility index (Phi) is 4.87. The summed E-state index contributed by atoms with van der Waals surface area (Å²) in [5.74, 6) is 0.697. The van der Waals surface area contributed by atoms with Gasteiger partial charge in [0.1, 0.15) is 24.8 Å². The van der Waals surface area contributed by atoms with Crippen LogP contribution in [0.25, 0.3) is 0 Å². The van der Waals surface area contributed by atoms with E-state index in [4.69, 9.17) is 9.47 Å². The van der Waals surface area contributed by atoms with Crippen LogP contribution in [0.15, 0.2) is 24.3 Å². The standard InChI is InChI=1S/C20H25N3O5/c1-13-6-4-5-9-20(13)18(25)23(19(26)22-20)11-17(24)21-10-14-12-27-15-7-2-3-8-16(15)28-14/h2-3,7-8,13-14H,4-6,9-12H2,1H3,(H,21,24)(H,22,26)/t13-,14+,20+/m1/s1. The Bertz CT molecular complexity index is 798. The van der Waals surface area contributed by atoms with Crippen LogP contribution in [0.1, 0.15) is 32.6 Å². The maximum Gasteiger partial charge on any atom is 0.325 e. The predicted octanol–water partition coefficient (Wildman–Crippen LogP) is 1.44. The second kappa shape index (κ2) is 7.33. The largest absolute Gasteiger partial charge is 0.486 e. The Balaban J connectivity index is 1.32. The molecule has 1 spiro atoms. The van der Waals surface area contributed by atoms with Crippen molar-refractivity contribution in [2.24, 2.45) is 5.92 Å². The average molecular weight is 387 g/mol. The quantitative estimate of drug-likeness (QED) is 0.762. The van der Waals surface area contributed by atoms with Gasteiger partial charge in [0.2, 0.25) is 5.91 Å². The zero-order valence-corrected chi connectivity index (χ0v) is 15.9. The summed E-state index contributed by atoms with van der Waals surface area (Å²) >= 11 is 0. The van der Waals surface area contributed by atoms with Crippen LogP contribution in [0.5, 0.6) is 11.5 Å². The molecule has 0 radical (unpaired) electrons. The molecule has 1 aromatic carbocycles. The third-order valence-electron chi connectivity index (χ3n) is 5.90.